The van der Waals surface area contributed by atoms with Crippen molar-refractivity contribution in [3.8, 4) is 0 Å². The number of nitrogens with zero attached hydrogens (tertiary/aromatic N) is 1. The van der Waals surface area contributed by atoms with Gasteiger partial charge in [-0.05, 0) is 193 Å². The number of primary amides is 1. The number of rotatable bonds is 33. The Morgan fingerprint density at radius 3 is 1.63 bits per heavy atom. The lowest BCUT2D eigenvalue weighted by atomic mass is 9.86. The van der Waals surface area contributed by atoms with Crippen molar-refractivity contribution in [2.45, 2.75) is 328 Å². The number of unbranched alkanes of at least 4 members (excludes halogenated alkanes) is 1. The molecule has 1 saturated heterocycles. The second-order valence-electron chi connectivity index (χ2n) is 33.0. The quantitative estimate of drug-likeness (QED) is 0.0200. The van der Waals surface area contributed by atoms with Gasteiger partial charge in [-0.1, -0.05) is 58.9 Å². The highest BCUT2D eigenvalue weighted by molar-refractivity contribution is 8.02. The fraction of sp³-hybridized carbons (Fsp3) is 0.761. The molecule has 1 aromatic rings. The van der Waals surface area contributed by atoms with Gasteiger partial charge in [0, 0.05) is 36.6 Å². The highest BCUT2D eigenvalue weighted by Gasteiger charge is 2.58. The first-order chi connectivity index (χ1) is 44.4. The molecule has 0 radical (unpaired) electrons. The lowest BCUT2D eigenvalue weighted by molar-refractivity contribution is -0.157. The zero-order valence-corrected chi connectivity index (χ0v) is 64.2. The molecule has 1 heterocycles. The second kappa shape index (κ2) is 36.2. The van der Waals surface area contributed by atoms with Crippen molar-refractivity contribution in [1.29, 1.82) is 0 Å². The Balaban J connectivity index is 2.77. The van der Waals surface area contributed by atoms with Gasteiger partial charge in [-0.15, -0.1) is 11.8 Å². The summed E-state index contributed by atoms with van der Waals surface area (Å²) in [4.78, 5) is 156. The Morgan fingerprint density at radius 1 is 0.582 bits per heavy atom. The fourth-order valence-corrected chi connectivity index (χ4v) is 12.7. The van der Waals surface area contributed by atoms with Crippen LogP contribution in [0.1, 0.15) is 236 Å². The third-order valence-corrected chi connectivity index (χ3v) is 16.4. The first-order valence-electron chi connectivity index (χ1n) is 34.1. The van der Waals surface area contributed by atoms with Crippen LogP contribution in [0.25, 0.3) is 0 Å². The summed E-state index contributed by atoms with van der Waals surface area (Å²) < 4.78 is 27.3. The van der Waals surface area contributed by atoms with Crippen molar-refractivity contribution in [3.63, 3.8) is 0 Å². The van der Waals surface area contributed by atoms with Crippen LogP contribution in [0, 0.1) is 5.92 Å². The van der Waals surface area contributed by atoms with E-state index in [1.807, 2.05) is 38.1 Å². The monoisotopic (exact) mass is 1400 g/mol. The maximum atomic E-state index is 15.8. The van der Waals surface area contributed by atoms with Crippen LogP contribution in [0.5, 0.6) is 0 Å². The van der Waals surface area contributed by atoms with Crippen LogP contribution in [-0.4, -0.2) is 175 Å². The van der Waals surface area contributed by atoms with Gasteiger partial charge in [0.25, 0.3) is 0 Å². The smallest absolute Gasteiger partial charge is 0.407 e. The molecule has 0 saturated carbocycles. The number of hydrogen-bond acceptors (Lipinski definition) is 18. The molecule has 1 aromatic carbocycles. The van der Waals surface area contributed by atoms with Gasteiger partial charge in [0.15, 0.2) is 0 Å². The molecule has 0 aromatic heterocycles. The van der Waals surface area contributed by atoms with Crippen LogP contribution >= 0.6 is 11.8 Å². The Hall–Kier alpha value is -6.58. The molecule has 9 atom stereocenters. The third kappa shape index (κ3) is 32.6. The van der Waals surface area contributed by atoms with E-state index in [0.29, 0.717) is 18.4 Å². The molecule has 2 rings (SSSR count). The largest absolute Gasteiger partial charge is 0.460 e. The molecule has 98 heavy (non-hydrogen) atoms. The van der Waals surface area contributed by atoms with E-state index < -0.39 is 170 Å². The number of thioether (sulfide) groups is 1. The van der Waals surface area contributed by atoms with Gasteiger partial charge in [0.1, 0.15) is 59.1 Å². The van der Waals surface area contributed by atoms with Crippen molar-refractivity contribution < 1.29 is 76.4 Å². The molecule has 1 fully saturated rings. The number of nitrogens with one attached hydrogen (secondary N) is 7. The van der Waals surface area contributed by atoms with E-state index in [9.17, 15) is 33.6 Å². The lowest BCUT2D eigenvalue weighted by Crippen LogP contribution is -2.65. The third-order valence-electron chi connectivity index (χ3n) is 14.9. The number of amides is 9. The highest BCUT2D eigenvalue weighted by Crippen LogP contribution is 2.51. The molecule has 2 unspecified atom stereocenters. The van der Waals surface area contributed by atoms with Gasteiger partial charge >= 0.3 is 18.0 Å². The molecule has 0 bridgehead atoms. The first kappa shape index (κ1) is 87.5. The Bertz CT molecular complexity index is 2900. The van der Waals surface area contributed by atoms with Gasteiger partial charge < -0.3 is 77.3 Å². The van der Waals surface area contributed by atoms with E-state index in [1.54, 1.807) is 138 Å². The van der Waals surface area contributed by atoms with Crippen LogP contribution in [0.4, 0.5) is 4.79 Å². The van der Waals surface area contributed by atoms with E-state index in [1.165, 1.54) is 16.7 Å². The number of carbonyl (C=O) groups is 11. The van der Waals surface area contributed by atoms with E-state index in [0.717, 1.165) is 5.56 Å². The van der Waals surface area contributed by atoms with E-state index >= 15 is 19.2 Å². The number of hydrogen-bond donors (Lipinski definition) is 9. The van der Waals surface area contributed by atoms with E-state index in [-0.39, 0.29) is 56.6 Å². The van der Waals surface area contributed by atoms with Gasteiger partial charge in [-0.25, -0.2) is 4.79 Å². The number of alkyl carbamates (subject to hydrolysis) is 1. The summed E-state index contributed by atoms with van der Waals surface area (Å²) in [5, 5.41) is 19.3. The van der Waals surface area contributed by atoms with Crippen LogP contribution in [-0.2, 0) is 83.5 Å². The number of benzene rings is 1. The van der Waals surface area contributed by atoms with Crippen molar-refractivity contribution in [3.05, 3.63) is 35.4 Å². The summed E-state index contributed by atoms with van der Waals surface area (Å²) in [6, 6.07) is -3.27. The van der Waals surface area contributed by atoms with Gasteiger partial charge in [0.05, 0.1) is 35.2 Å². The molecule has 9 amide bonds. The maximum Gasteiger partial charge on any atom is 0.407 e. The van der Waals surface area contributed by atoms with Gasteiger partial charge in [0.2, 0.25) is 47.3 Å². The molecule has 26 nitrogen and oxygen atoms in total. The lowest BCUT2D eigenvalue weighted by Gasteiger charge is -2.39. The molecule has 27 heteroatoms. The number of nitrogens with two attached hydrogens (primary N) is 2. The average Bonchev–Trinajstić information content (AvgIpc) is 1.58. The van der Waals surface area contributed by atoms with Crippen molar-refractivity contribution in [2.75, 3.05) is 13.2 Å². The molecule has 0 spiro atoms. The van der Waals surface area contributed by atoms with E-state index in [2.05, 4.69) is 58.0 Å². The molecule has 0 aliphatic carbocycles. The van der Waals surface area contributed by atoms with Crippen LogP contribution in [0.3, 0.4) is 0 Å². The van der Waals surface area contributed by atoms with E-state index in [4.69, 9.17) is 35.2 Å². The summed E-state index contributed by atoms with van der Waals surface area (Å²) in [7, 11) is 0. The Kier molecular flexibility index (Phi) is 32.3. The number of ether oxygens (including phenoxy) is 5. The molecular weight excluding hydrogens is 1280 g/mol. The molecule has 11 N–H and O–H groups in total. The standard InChI is InChI=1S/C71H122N10O16S/c1-41(2)36-50(79-60(89)54(42(3)94-66(10,11)12)80-59(88)49(39-53(84)96-68(16,17)18)77-57(86)46(72)40-93-65(7,8)9)62(91)81-55(70(22,23)98-71(81,24)25)61(90)78-48(37-43-29-31-44(32-30-43)64(4,5)6)58(87)75-45(33-34-52(83)95-67(13,14)15)38-51(82)76-47(56(73)85)28-26-27-35-74-63(92)97-69(19,20)21/h29-32,41-42,45-50,54-55H,26-28,33-40,72H2,1-25H3,(H2,73,85)(H,74,92)(H,75,87)(H,76,82)(H,77,86)(H,78,90)(H,79,89)(H,80,88)/t42?,45-,46-,47+,48-,49-,50+,54-,55?/m0/s1. The topological polar surface area (TPSA) is 373 Å². The minimum Gasteiger partial charge on any atom is -0.460 e. The summed E-state index contributed by atoms with van der Waals surface area (Å²) in [5.41, 5.74) is 9.26. The van der Waals surface area contributed by atoms with Crippen molar-refractivity contribution in [1.82, 2.24) is 42.1 Å². The maximum absolute atomic E-state index is 15.8. The van der Waals surface area contributed by atoms with Gasteiger partial charge in [-0.3, -0.25) is 47.9 Å². The zero-order chi connectivity index (χ0) is 75.7. The first-order valence-corrected chi connectivity index (χ1v) is 34.9. The van der Waals surface area contributed by atoms with Gasteiger partial charge in [-0.2, -0.15) is 0 Å². The SMILES string of the molecule is CC(C)C[C@@H](NC(=O)[C@@H](NC(=O)[C@H](CC(=O)OC(C)(C)C)NC(=O)[C@@H](N)COC(C)(C)C)C(C)OC(C)(C)C)C(=O)N1C(C(=O)N[C@@H](Cc2ccc(C(C)(C)C)cc2)C(=O)N[C@@H](CCC(=O)OC(C)(C)C)CC(=O)N[C@H](CCCCNC(=O)OC(C)(C)C)C(N)=O)C(C)(C)SC1(C)C. The molecule has 1 aliphatic heterocycles. The summed E-state index contributed by atoms with van der Waals surface area (Å²) in [5.74, 6) is -8.08. The van der Waals surface area contributed by atoms with Crippen LogP contribution in [0.2, 0.25) is 0 Å². The predicted octanol–water partition coefficient (Wildman–Crippen LogP) is 6.71. The average molecular weight is 1400 g/mol. The Labute approximate surface area is 587 Å². The van der Waals surface area contributed by atoms with Crippen LogP contribution in [0.15, 0.2) is 24.3 Å². The minimum atomic E-state index is -1.63. The molecule has 1 aliphatic rings. The summed E-state index contributed by atoms with van der Waals surface area (Å²) in [6.45, 7) is 44.2. The molecule has 558 valence electrons. The summed E-state index contributed by atoms with van der Waals surface area (Å²) in [6.07, 6.45) is -2.36. The second-order valence-corrected chi connectivity index (χ2v) is 35.2. The fourth-order valence-electron chi connectivity index (χ4n) is 10.8. The normalized spacial score (nSPS) is 17.5. The van der Waals surface area contributed by atoms with Crippen molar-refractivity contribution in [2.24, 2.45) is 17.4 Å². The molecular formula is C71H122N10O16S. The van der Waals surface area contributed by atoms with Crippen LogP contribution < -0.4 is 48.7 Å². The predicted molar refractivity (Wildman–Crippen MR) is 378 cm³/mol. The summed E-state index contributed by atoms with van der Waals surface area (Å²) >= 11 is 1.31. The Morgan fingerprint density at radius 2 is 1.12 bits per heavy atom. The minimum absolute atomic E-state index is 0.0268. The van der Waals surface area contributed by atoms with Crippen molar-refractivity contribution >= 4 is 77.1 Å². The number of carbonyl (C=O) groups excluding carboxylic acids is 11. The number of esters is 2. The highest BCUT2D eigenvalue weighted by atomic mass is 32.2. The zero-order valence-electron chi connectivity index (χ0n) is 63.4.